The molecule has 1 aromatic rings. The molecule has 1 aromatic carbocycles. The monoisotopic (exact) mass is 595 g/mol. The Morgan fingerprint density at radius 1 is 0.810 bits per heavy atom. The number of esters is 1. The molecule has 0 aromatic heterocycles. The second-order valence-corrected chi connectivity index (χ2v) is 14.2. The summed E-state index contributed by atoms with van der Waals surface area (Å²) in [5.74, 6) is -2.44. The lowest BCUT2D eigenvalue weighted by atomic mass is 9.92. The van der Waals surface area contributed by atoms with Gasteiger partial charge >= 0.3 is 24.2 Å². The summed E-state index contributed by atoms with van der Waals surface area (Å²) >= 11 is 0. The third kappa shape index (κ3) is 14.0. The van der Waals surface area contributed by atoms with Crippen molar-refractivity contribution in [2.75, 3.05) is 13.2 Å². The van der Waals surface area contributed by atoms with Gasteiger partial charge in [0.2, 0.25) is 0 Å². The molecule has 0 aliphatic heterocycles. The second kappa shape index (κ2) is 14.7. The molecule has 0 bridgehead atoms. The lowest BCUT2D eigenvalue weighted by Crippen LogP contribution is -2.59. The Balaban J connectivity index is 3.47. The maximum absolute atomic E-state index is 12.8. The van der Waals surface area contributed by atoms with Crippen molar-refractivity contribution in [1.29, 1.82) is 0 Å². The molecule has 1 unspecified atom stereocenters. The average Bonchev–Trinajstić information content (AvgIpc) is 2.80. The van der Waals surface area contributed by atoms with Crippen LogP contribution in [0.5, 0.6) is 11.5 Å². The Morgan fingerprint density at radius 2 is 1.31 bits per heavy atom. The Hall–Kier alpha value is -3.34. The number of carboxylic acid groups (broad SMARTS) is 1. The van der Waals surface area contributed by atoms with Gasteiger partial charge in [-0.2, -0.15) is 0 Å². The zero-order chi connectivity index (χ0) is 32.5. The van der Waals surface area contributed by atoms with Gasteiger partial charge in [-0.3, -0.25) is 10.1 Å². The molecule has 0 amide bonds. The van der Waals surface area contributed by atoms with E-state index >= 15 is 0 Å². The van der Waals surface area contributed by atoms with Crippen LogP contribution in [0.1, 0.15) is 94.6 Å². The molecule has 11 heteroatoms. The molecule has 238 valence electrons. The van der Waals surface area contributed by atoms with Gasteiger partial charge in [0.15, 0.2) is 11.5 Å². The van der Waals surface area contributed by atoms with E-state index in [1.54, 1.807) is 6.92 Å². The van der Waals surface area contributed by atoms with Gasteiger partial charge in [-0.25, -0.2) is 14.4 Å². The molecule has 1 rings (SSSR count). The molecule has 2 atom stereocenters. The van der Waals surface area contributed by atoms with Crippen LogP contribution in [0.3, 0.4) is 0 Å². The van der Waals surface area contributed by atoms with Gasteiger partial charge in [0, 0.05) is 12.5 Å². The molecule has 0 heterocycles. The van der Waals surface area contributed by atoms with Crippen LogP contribution < -0.4 is 14.8 Å². The Labute approximate surface area is 249 Å². The first-order valence-corrected chi connectivity index (χ1v) is 14.1. The van der Waals surface area contributed by atoms with E-state index in [2.05, 4.69) is 5.32 Å². The van der Waals surface area contributed by atoms with Gasteiger partial charge in [0.1, 0.15) is 0 Å². The van der Waals surface area contributed by atoms with E-state index in [0.29, 0.717) is 12.0 Å². The zero-order valence-corrected chi connectivity index (χ0v) is 27.0. The quantitative estimate of drug-likeness (QED) is 0.118. The number of nitrogens with one attached hydrogen (secondary N) is 1. The normalized spacial score (nSPS) is 14.3. The highest BCUT2D eigenvalue weighted by Gasteiger charge is 2.44. The van der Waals surface area contributed by atoms with E-state index < -0.39 is 35.4 Å². The lowest BCUT2D eigenvalue weighted by Gasteiger charge is -2.34. The second-order valence-electron chi connectivity index (χ2n) is 14.2. The summed E-state index contributed by atoms with van der Waals surface area (Å²) in [5, 5.41) is 13.2. The molecule has 42 heavy (non-hydrogen) atoms. The van der Waals surface area contributed by atoms with Gasteiger partial charge in [-0.05, 0) is 47.3 Å². The summed E-state index contributed by atoms with van der Waals surface area (Å²) in [6.07, 6.45) is -1.84. The molecule has 0 saturated carbocycles. The van der Waals surface area contributed by atoms with Crippen molar-refractivity contribution in [1.82, 2.24) is 5.32 Å². The Morgan fingerprint density at radius 3 is 1.74 bits per heavy atom. The van der Waals surface area contributed by atoms with Gasteiger partial charge in [-0.1, -0.05) is 75.3 Å². The fourth-order valence-corrected chi connectivity index (χ4v) is 3.36. The fourth-order valence-electron chi connectivity index (χ4n) is 3.36. The molecule has 0 aliphatic carbocycles. The number of hydrogen-bond acceptors (Lipinski definition) is 10. The topological polar surface area (TPSA) is 147 Å². The van der Waals surface area contributed by atoms with E-state index in [0.717, 1.165) is 0 Å². The fraction of sp³-hybridized carbons (Fsp3) is 0.677. The molecule has 11 nitrogen and oxygen atoms in total. The van der Waals surface area contributed by atoms with Crippen molar-refractivity contribution in [3.8, 4) is 11.5 Å². The first kappa shape index (κ1) is 36.7. The molecule has 0 saturated heterocycles. The van der Waals surface area contributed by atoms with E-state index in [1.807, 2.05) is 69.2 Å². The van der Waals surface area contributed by atoms with Crippen LogP contribution in [0.2, 0.25) is 0 Å². The van der Waals surface area contributed by atoms with Crippen LogP contribution in [0, 0.1) is 16.2 Å². The Kier molecular flexibility index (Phi) is 12.8. The third-order valence-electron chi connectivity index (χ3n) is 5.49. The van der Waals surface area contributed by atoms with Crippen LogP contribution in [-0.2, 0) is 30.2 Å². The summed E-state index contributed by atoms with van der Waals surface area (Å²) < 4.78 is 26.7. The van der Waals surface area contributed by atoms with Crippen LogP contribution in [-0.4, -0.2) is 54.3 Å². The standard InChI is InChI=1S/C31H49NO10/c1-12-20(2)32-31(25(34)35,42-24(33)17-28(3,4)5)16-21-13-14-22(40-26(36)38-18-29(6,7)8)23(15-21)41-27(37)39-19-30(9,10)11/h13-15,20,32H,12,16-19H2,1-11H3,(H,34,35)/t20?,31-/m0/s1. The average molecular weight is 596 g/mol. The summed E-state index contributed by atoms with van der Waals surface area (Å²) in [6.45, 7) is 20.5. The van der Waals surface area contributed by atoms with E-state index in [-0.39, 0.29) is 54.4 Å². The van der Waals surface area contributed by atoms with E-state index in [4.69, 9.17) is 23.7 Å². The SMILES string of the molecule is CCC(C)N[C@@](Cc1ccc(OC(=O)OCC(C)(C)C)c(OC(=O)OCC(C)(C)C)c1)(OC(=O)CC(C)(C)C)C(=O)O. The zero-order valence-electron chi connectivity index (χ0n) is 27.0. The van der Waals surface area contributed by atoms with Crippen LogP contribution in [0.4, 0.5) is 9.59 Å². The Bertz CT molecular complexity index is 1090. The summed E-state index contributed by atoms with van der Waals surface area (Å²) in [5.41, 5.74) is -2.91. The number of carboxylic acids is 1. The summed E-state index contributed by atoms with van der Waals surface area (Å²) in [6, 6.07) is 3.82. The van der Waals surface area contributed by atoms with Crippen molar-refractivity contribution in [2.45, 2.75) is 107 Å². The summed E-state index contributed by atoms with van der Waals surface area (Å²) in [7, 11) is 0. The molecule has 2 N–H and O–H groups in total. The number of aliphatic carboxylic acids is 1. The van der Waals surface area contributed by atoms with E-state index in [9.17, 15) is 24.3 Å². The highest BCUT2D eigenvalue weighted by Crippen LogP contribution is 2.32. The molecular weight excluding hydrogens is 546 g/mol. The first-order chi connectivity index (χ1) is 19.0. The third-order valence-corrected chi connectivity index (χ3v) is 5.49. The largest absolute Gasteiger partial charge is 0.513 e. The minimum atomic E-state index is -2.13. The molecule has 0 radical (unpaired) electrons. The number of carbonyl (C=O) groups excluding carboxylic acids is 3. The van der Waals surface area contributed by atoms with Crippen molar-refractivity contribution >= 4 is 24.2 Å². The number of carbonyl (C=O) groups is 4. The number of hydrogen-bond donors (Lipinski definition) is 2. The van der Waals surface area contributed by atoms with Crippen molar-refractivity contribution in [3.63, 3.8) is 0 Å². The lowest BCUT2D eigenvalue weighted by molar-refractivity contribution is -0.185. The highest BCUT2D eigenvalue weighted by atomic mass is 16.7. The molecular formula is C31H49NO10. The summed E-state index contributed by atoms with van der Waals surface area (Å²) in [4.78, 5) is 50.4. The predicted molar refractivity (Wildman–Crippen MR) is 156 cm³/mol. The van der Waals surface area contributed by atoms with Crippen molar-refractivity contribution < 1.29 is 48.0 Å². The van der Waals surface area contributed by atoms with Crippen molar-refractivity contribution in [2.24, 2.45) is 16.2 Å². The number of benzene rings is 1. The van der Waals surface area contributed by atoms with Crippen molar-refractivity contribution in [3.05, 3.63) is 23.8 Å². The smallest absolute Gasteiger partial charge is 0.477 e. The number of rotatable bonds is 12. The minimum absolute atomic E-state index is 0.0123. The van der Waals surface area contributed by atoms with Gasteiger partial charge in [0.25, 0.3) is 5.72 Å². The molecule has 0 spiro atoms. The van der Waals surface area contributed by atoms with E-state index in [1.165, 1.54) is 18.2 Å². The van der Waals surface area contributed by atoms with Gasteiger partial charge in [0.05, 0.1) is 19.6 Å². The van der Waals surface area contributed by atoms with Crippen LogP contribution in [0.15, 0.2) is 18.2 Å². The predicted octanol–water partition coefficient (Wildman–Crippen LogP) is 6.50. The highest BCUT2D eigenvalue weighted by molar-refractivity contribution is 5.82. The molecule has 0 aliphatic rings. The maximum Gasteiger partial charge on any atom is 0.513 e. The van der Waals surface area contributed by atoms with Crippen LogP contribution in [0.25, 0.3) is 0 Å². The van der Waals surface area contributed by atoms with Crippen LogP contribution >= 0.6 is 0 Å². The van der Waals surface area contributed by atoms with Gasteiger partial charge < -0.3 is 28.8 Å². The maximum atomic E-state index is 12.8. The first-order valence-electron chi connectivity index (χ1n) is 14.1. The van der Waals surface area contributed by atoms with Gasteiger partial charge in [-0.15, -0.1) is 0 Å². The number of ether oxygens (including phenoxy) is 5. The minimum Gasteiger partial charge on any atom is -0.477 e. The molecule has 0 fully saturated rings.